The van der Waals surface area contributed by atoms with Crippen LogP contribution < -0.4 is 10.1 Å². The fourth-order valence-corrected chi connectivity index (χ4v) is 2.69. The number of halogens is 1. The topological polar surface area (TPSA) is 72.5 Å². The van der Waals surface area contributed by atoms with E-state index in [1.165, 1.54) is 12.1 Å². The van der Waals surface area contributed by atoms with Gasteiger partial charge in [0.1, 0.15) is 10.6 Å². The van der Waals surface area contributed by atoms with Crippen LogP contribution in [-0.4, -0.2) is 20.9 Å². The number of carbonyl (C=O) groups excluding carboxylic acids is 1. The molecule has 118 valence electrons. The van der Waals surface area contributed by atoms with Gasteiger partial charge in [-0.1, -0.05) is 13.8 Å². The molecule has 0 atom stereocenters. The van der Waals surface area contributed by atoms with Crippen molar-refractivity contribution >= 4 is 31.3 Å². The fraction of sp³-hybridized carbons (Fsp3) is 0.500. The summed E-state index contributed by atoms with van der Waals surface area (Å²) >= 11 is 0. The zero-order valence-corrected chi connectivity index (χ0v) is 13.9. The minimum atomic E-state index is -3.94. The summed E-state index contributed by atoms with van der Waals surface area (Å²) in [6, 6.07) is 4.38. The van der Waals surface area contributed by atoms with E-state index in [-0.39, 0.29) is 16.6 Å². The molecule has 0 saturated carbocycles. The molecule has 0 bridgehead atoms. The first-order valence-electron chi connectivity index (χ1n) is 6.75. The molecule has 0 aliphatic heterocycles. The molecule has 0 heterocycles. The minimum Gasteiger partial charge on any atom is -0.492 e. The summed E-state index contributed by atoms with van der Waals surface area (Å²) in [5, 5.41) is 2.66. The summed E-state index contributed by atoms with van der Waals surface area (Å²) in [6.07, 6.45) is 1.15. The molecule has 1 rings (SSSR count). The van der Waals surface area contributed by atoms with Gasteiger partial charge in [0.05, 0.1) is 6.61 Å². The van der Waals surface area contributed by atoms with Gasteiger partial charge >= 0.3 is 0 Å². The smallest absolute Gasteiger partial charge is 0.265 e. The van der Waals surface area contributed by atoms with Crippen LogP contribution in [0.3, 0.4) is 0 Å². The molecule has 0 spiro atoms. The van der Waals surface area contributed by atoms with Gasteiger partial charge in [0.25, 0.3) is 9.05 Å². The highest BCUT2D eigenvalue weighted by Crippen LogP contribution is 2.30. The first kappa shape index (κ1) is 17.8. The third-order valence-corrected chi connectivity index (χ3v) is 4.08. The second kappa shape index (κ2) is 7.66. The molecule has 0 fully saturated rings. The van der Waals surface area contributed by atoms with Crippen LogP contribution in [0.4, 0.5) is 5.69 Å². The quantitative estimate of drug-likeness (QED) is 0.776. The first-order chi connectivity index (χ1) is 9.74. The Bertz CT molecular complexity index is 599. The molecule has 0 aliphatic rings. The van der Waals surface area contributed by atoms with Crippen molar-refractivity contribution in [2.24, 2.45) is 5.92 Å². The number of rotatable bonds is 7. The molecule has 0 radical (unpaired) electrons. The van der Waals surface area contributed by atoms with E-state index in [0.29, 0.717) is 24.6 Å². The summed E-state index contributed by atoms with van der Waals surface area (Å²) in [6.45, 7) is 6.12. The predicted octanol–water partition coefficient (Wildman–Crippen LogP) is 3.39. The van der Waals surface area contributed by atoms with Crippen LogP contribution in [0.15, 0.2) is 23.1 Å². The van der Waals surface area contributed by atoms with Gasteiger partial charge in [-0.25, -0.2) is 8.42 Å². The Hall–Kier alpha value is -1.27. The van der Waals surface area contributed by atoms with E-state index in [1.54, 1.807) is 13.0 Å². The molecular formula is C14H20ClNO4S. The number of anilines is 1. The highest BCUT2D eigenvalue weighted by Gasteiger charge is 2.18. The van der Waals surface area contributed by atoms with Gasteiger partial charge in [-0.3, -0.25) is 4.79 Å². The number of amides is 1. The molecule has 1 aromatic carbocycles. The Labute approximate surface area is 130 Å². The second-order valence-electron chi connectivity index (χ2n) is 5.01. The van der Waals surface area contributed by atoms with E-state index in [1.807, 2.05) is 13.8 Å². The number of benzene rings is 1. The van der Waals surface area contributed by atoms with Gasteiger partial charge in [-0.2, -0.15) is 0 Å². The Morgan fingerprint density at radius 3 is 2.57 bits per heavy atom. The van der Waals surface area contributed by atoms with Gasteiger partial charge < -0.3 is 10.1 Å². The molecule has 5 nitrogen and oxygen atoms in total. The highest BCUT2D eigenvalue weighted by molar-refractivity contribution is 8.13. The maximum atomic E-state index is 11.8. The van der Waals surface area contributed by atoms with Crippen molar-refractivity contribution in [3.05, 3.63) is 18.2 Å². The van der Waals surface area contributed by atoms with Crippen LogP contribution in [0.1, 0.15) is 33.6 Å². The average molecular weight is 334 g/mol. The van der Waals surface area contributed by atoms with Crippen LogP contribution in [0.25, 0.3) is 0 Å². The fourth-order valence-electron chi connectivity index (χ4n) is 1.69. The molecule has 1 amide bonds. The standard InChI is InChI=1S/C14H20ClNO4S/c1-4-20-12-7-6-11(9-13(12)21(15,18)19)16-14(17)8-5-10(2)3/h6-7,9-10H,4-5,8H2,1-3H3,(H,16,17). The summed E-state index contributed by atoms with van der Waals surface area (Å²) in [5.41, 5.74) is 0.381. The van der Waals surface area contributed by atoms with Crippen molar-refractivity contribution in [1.82, 2.24) is 0 Å². The van der Waals surface area contributed by atoms with Crippen molar-refractivity contribution in [3.63, 3.8) is 0 Å². The molecule has 0 saturated heterocycles. The third-order valence-electron chi connectivity index (χ3n) is 2.74. The van der Waals surface area contributed by atoms with E-state index in [2.05, 4.69) is 5.32 Å². The van der Waals surface area contributed by atoms with Crippen LogP contribution in [0.5, 0.6) is 5.75 Å². The van der Waals surface area contributed by atoms with E-state index in [4.69, 9.17) is 15.4 Å². The molecule has 1 N–H and O–H groups in total. The summed E-state index contributed by atoms with van der Waals surface area (Å²) in [5.74, 6) is 0.438. The molecule has 21 heavy (non-hydrogen) atoms. The van der Waals surface area contributed by atoms with Crippen LogP contribution in [0.2, 0.25) is 0 Å². The second-order valence-corrected chi connectivity index (χ2v) is 7.55. The number of ether oxygens (including phenoxy) is 1. The molecule has 1 aromatic rings. The predicted molar refractivity (Wildman–Crippen MR) is 83.4 cm³/mol. The van der Waals surface area contributed by atoms with Crippen molar-refractivity contribution in [3.8, 4) is 5.75 Å². The zero-order valence-electron chi connectivity index (χ0n) is 12.3. The van der Waals surface area contributed by atoms with Gasteiger partial charge in [0.15, 0.2) is 0 Å². The van der Waals surface area contributed by atoms with Crippen molar-refractivity contribution in [2.75, 3.05) is 11.9 Å². The van der Waals surface area contributed by atoms with E-state index < -0.39 is 9.05 Å². The van der Waals surface area contributed by atoms with E-state index >= 15 is 0 Å². The Morgan fingerprint density at radius 1 is 1.38 bits per heavy atom. The molecule has 0 unspecified atom stereocenters. The number of hydrogen-bond donors (Lipinski definition) is 1. The summed E-state index contributed by atoms with van der Waals surface area (Å²) in [4.78, 5) is 11.6. The Kier molecular flexibility index (Phi) is 6.48. The molecule has 7 heteroatoms. The zero-order chi connectivity index (χ0) is 16.0. The van der Waals surface area contributed by atoms with Gasteiger partial charge in [-0.15, -0.1) is 0 Å². The largest absolute Gasteiger partial charge is 0.492 e. The molecule has 0 aliphatic carbocycles. The lowest BCUT2D eigenvalue weighted by Crippen LogP contribution is -2.12. The Morgan fingerprint density at radius 2 is 2.05 bits per heavy atom. The lowest BCUT2D eigenvalue weighted by atomic mass is 10.1. The van der Waals surface area contributed by atoms with Crippen molar-refractivity contribution in [2.45, 2.75) is 38.5 Å². The van der Waals surface area contributed by atoms with Gasteiger partial charge in [0, 0.05) is 22.8 Å². The van der Waals surface area contributed by atoms with Crippen LogP contribution in [-0.2, 0) is 13.8 Å². The van der Waals surface area contributed by atoms with Gasteiger partial charge in [0.2, 0.25) is 5.91 Å². The van der Waals surface area contributed by atoms with Gasteiger partial charge in [-0.05, 0) is 37.5 Å². The van der Waals surface area contributed by atoms with Crippen LogP contribution in [0, 0.1) is 5.92 Å². The highest BCUT2D eigenvalue weighted by atomic mass is 35.7. The minimum absolute atomic E-state index is 0.146. The van der Waals surface area contributed by atoms with E-state index in [0.717, 1.165) is 6.42 Å². The summed E-state index contributed by atoms with van der Waals surface area (Å²) < 4.78 is 28.3. The molecular weight excluding hydrogens is 314 g/mol. The normalized spacial score (nSPS) is 11.5. The average Bonchev–Trinajstić information content (AvgIpc) is 2.37. The monoisotopic (exact) mass is 333 g/mol. The molecule has 0 aromatic heterocycles. The van der Waals surface area contributed by atoms with Crippen LogP contribution >= 0.6 is 10.7 Å². The van der Waals surface area contributed by atoms with Crippen molar-refractivity contribution in [1.29, 1.82) is 0 Å². The number of hydrogen-bond acceptors (Lipinski definition) is 4. The number of nitrogens with one attached hydrogen (secondary N) is 1. The lowest BCUT2D eigenvalue weighted by molar-refractivity contribution is -0.116. The lowest BCUT2D eigenvalue weighted by Gasteiger charge is -2.11. The number of carbonyl (C=O) groups is 1. The maximum absolute atomic E-state index is 11.8. The SMILES string of the molecule is CCOc1ccc(NC(=O)CCC(C)C)cc1S(=O)(=O)Cl. The maximum Gasteiger partial charge on any atom is 0.265 e. The van der Waals surface area contributed by atoms with E-state index in [9.17, 15) is 13.2 Å². The summed E-state index contributed by atoms with van der Waals surface area (Å²) in [7, 11) is 1.45. The third kappa shape index (κ3) is 5.93. The Balaban J connectivity index is 2.93. The van der Waals surface area contributed by atoms with Crippen molar-refractivity contribution < 1.29 is 17.9 Å². The first-order valence-corrected chi connectivity index (χ1v) is 9.06.